The normalized spacial score (nSPS) is 23.0. The summed E-state index contributed by atoms with van der Waals surface area (Å²) in [5, 5.41) is 4.00. The molecule has 3 amide bonds. The first-order valence-corrected chi connectivity index (χ1v) is 8.03. The third-order valence-electron chi connectivity index (χ3n) is 4.64. The molecule has 8 heteroatoms. The molecule has 1 radical (unpaired) electrons. The monoisotopic (exact) mass is 344 g/mol. The van der Waals surface area contributed by atoms with Crippen LogP contribution in [0.4, 0.5) is 10.5 Å². The van der Waals surface area contributed by atoms with Crippen LogP contribution in [0.2, 0.25) is 0 Å². The highest BCUT2D eigenvalue weighted by Gasteiger charge is 2.56. The second kappa shape index (κ2) is 6.27. The standard InChI is InChI=1S/C17H22N5O3/c1-20(2)14(19-25-3)12-5-7-13(8-6-12)21-11-17(15(18)23)9-4-10-22(17)16(21)24/h5-9H,4,10-11H2,1-3H3,(H2,18,23)/t17-/m1/s1. The van der Waals surface area contributed by atoms with E-state index in [1.165, 1.54) is 7.11 Å². The van der Waals surface area contributed by atoms with Crippen molar-refractivity contribution < 1.29 is 14.4 Å². The lowest BCUT2D eigenvalue weighted by molar-refractivity contribution is -0.124. The second-order valence-corrected chi connectivity index (χ2v) is 6.34. The summed E-state index contributed by atoms with van der Waals surface area (Å²) >= 11 is 0. The zero-order valence-electron chi connectivity index (χ0n) is 14.6. The van der Waals surface area contributed by atoms with Gasteiger partial charge in [0.05, 0.1) is 6.54 Å². The number of carbonyl (C=O) groups is 2. The number of fused-ring (bicyclic) bond motifs is 1. The molecule has 0 aromatic heterocycles. The largest absolute Gasteiger partial charge is 0.397 e. The Balaban J connectivity index is 1.88. The van der Waals surface area contributed by atoms with E-state index in [9.17, 15) is 9.59 Å². The highest BCUT2D eigenvalue weighted by molar-refractivity contribution is 6.04. The van der Waals surface area contributed by atoms with E-state index in [2.05, 4.69) is 5.16 Å². The van der Waals surface area contributed by atoms with Gasteiger partial charge in [-0.15, -0.1) is 0 Å². The van der Waals surface area contributed by atoms with Crippen molar-refractivity contribution in [1.29, 1.82) is 0 Å². The Morgan fingerprint density at radius 1 is 1.32 bits per heavy atom. The Bertz CT molecular complexity index is 715. The number of amidine groups is 1. The van der Waals surface area contributed by atoms with E-state index in [0.717, 1.165) is 5.56 Å². The van der Waals surface area contributed by atoms with E-state index >= 15 is 0 Å². The van der Waals surface area contributed by atoms with E-state index in [0.29, 0.717) is 24.5 Å². The van der Waals surface area contributed by atoms with E-state index < -0.39 is 11.4 Å². The predicted octanol–water partition coefficient (Wildman–Crippen LogP) is 0.630. The molecule has 25 heavy (non-hydrogen) atoms. The average Bonchev–Trinajstić information content (AvgIpc) is 3.12. The lowest BCUT2D eigenvalue weighted by Gasteiger charge is -2.25. The van der Waals surface area contributed by atoms with Crippen LogP contribution in [0.15, 0.2) is 29.4 Å². The molecular weight excluding hydrogens is 322 g/mol. The van der Waals surface area contributed by atoms with Gasteiger partial charge in [0, 0.05) is 38.3 Å². The van der Waals surface area contributed by atoms with Gasteiger partial charge < -0.3 is 20.4 Å². The van der Waals surface area contributed by atoms with Crippen LogP contribution in [0.1, 0.15) is 12.0 Å². The molecule has 1 aromatic carbocycles. The quantitative estimate of drug-likeness (QED) is 0.493. The van der Waals surface area contributed by atoms with E-state index in [1.54, 1.807) is 9.80 Å². The van der Waals surface area contributed by atoms with Crippen molar-refractivity contribution in [3.8, 4) is 0 Å². The number of nitrogens with two attached hydrogens (primary N) is 1. The van der Waals surface area contributed by atoms with Gasteiger partial charge in [-0.05, 0) is 30.7 Å². The Hall–Kier alpha value is -2.77. The molecule has 2 fully saturated rings. The molecule has 133 valence electrons. The van der Waals surface area contributed by atoms with Crippen LogP contribution in [0.25, 0.3) is 0 Å². The van der Waals surface area contributed by atoms with Crippen molar-refractivity contribution in [2.45, 2.75) is 12.0 Å². The van der Waals surface area contributed by atoms with Crippen LogP contribution < -0.4 is 10.6 Å². The van der Waals surface area contributed by atoms with Crippen molar-refractivity contribution in [1.82, 2.24) is 9.80 Å². The second-order valence-electron chi connectivity index (χ2n) is 6.34. The number of anilines is 1. The minimum Gasteiger partial charge on any atom is -0.397 e. The Kier molecular flexibility index (Phi) is 4.28. The van der Waals surface area contributed by atoms with Crippen LogP contribution >= 0.6 is 0 Å². The number of primary amides is 1. The molecular formula is C17H22N5O3. The smallest absolute Gasteiger partial charge is 0.325 e. The topological polar surface area (TPSA) is 91.5 Å². The maximum Gasteiger partial charge on any atom is 0.325 e. The summed E-state index contributed by atoms with van der Waals surface area (Å²) in [5.41, 5.74) is 6.16. The summed E-state index contributed by atoms with van der Waals surface area (Å²) in [6.45, 7) is 0.759. The zero-order chi connectivity index (χ0) is 18.2. The molecule has 3 rings (SSSR count). The SMILES string of the molecule is CON=C(c1ccc(N2C[C@@]3(C(N)=O)[CH]CCN3C2=O)cc1)N(C)C. The fourth-order valence-corrected chi connectivity index (χ4v) is 3.40. The van der Waals surface area contributed by atoms with Crippen molar-refractivity contribution >= 4 is 23.5 Å². The number of oxime groups is 1. The lowest BCUT2D eigenvalue weighted by atomic mass is 9.96. The molecule has 8 nitrogen and oxygen atoms in total. The number of hydrogen-bond donors (Lipinski definition) is 1. The maximum absolute atomic E-state index is 12.7. The van der Waals surface area contributed by atoms with Crippen LogP contribution in [-0.4, -0.2) is 67.4 Å². The third kappa shape index (κ3) is 2.67. The Labute approximate surface area is 146 Å². The molecule has 2 saturated heterocycles. The summed E-state index contributed by atoms with van der Waals surface area (Å²) in [4.78, 5) is 34.5. The predicted molar refractivity (Wildman–Crippen MR) is 94.0 cm³/mol. The molecule has 0 saturated carbocycles. The van der Waals surface area contributed by atoms with Crippen LogP contribution in [-0.2, 0) is 9.63 Å². The molecule has 2 aliphatic heterocycles. The van der Waals surface area contributed by atoms with Gasteiger partial charge in [0.25, 0.3) is 0 Å². The maximum atomic E-state index is 12.7. The Morgan fingerprint density at radius 2 is 2.00 bits per heavy atom. The molecule has 0 spiro atoms. The number of nitrogens with zero attached hydrogens (tertiary/aromatic N) is 4. The van der Waals surface area contributed by atoms with E-state index in [-0.39, 0.29) is 12.6 Å². The Morgan fingerprint density at radius 3 is 2.52 bits per heavy atom. The molecule has 1 aromatic rings. The minimum atomic E-state index is -0.998. The van der Waals surface area contributed by atoms with Gasteiger partial charge in [-0.25, -0.2) is 4.79 Å². The van der Waals surface area contributed by atoms with Crippen LogP contribution in [0.5, 0.6) is 0 Å². The number of amides is 3. The third-order valence-corrected chi connectivity index (χ3v) is 4.64. The molecule has 0 bridgehead atoms. The van der Waals surface area contributed by atoms with Crippen molar-refractivity contribution in [3.05, 3.63) is 36.2 Å². The van der Waals surface area contributed by atoms with Crippen LogP contribution in [0.3, 0.4) is 0 Å². The molecule has 0 unspecified atom stereocenters. The van der Waals surface area contributed by atoms with Crippen molar-refractivity contribution in [2.75, 3.05) is 39.2 Å². The highest BCUT2D eigenvalue weighted by Crippen LogP contribution is 2.38. The fourth-order valence-electron chi connectivity index (χ4n) is 3.40. The fraction of sp³-hybridized carbons (Fsp3) is 0.412. The highest BCUT2D eigenvalue weighted by atomic mass is 16.6. The average molecular weight is 344 g/mol. The van der Waals surface area contributed by atoms with Crippen LogP contribution in [0, 0.1) is 6.42 Å². The lowest BCUT2D eigenvalue weighted by Crippen LogP contribution is -2.53. The van der Waals surface area contributed by atoms with Crippen molar-refractivity contribution in [3.63, 3.8) is 0 Å². The molecule has 2 N–H and O–H groups in total. The number of carbonyl (C=O) groups excluding carboxylic acids is 2. The van der Waals surface area contributed by atoms with E-state index in [4.69, 9.17) is 10.6 Å². The van der Waals surface area contributed by atoms with Gasteiger partial charge in [0.1, 0.15) is 12.6 Å². The first kappa shape index (κ1) is 17.1. The number of urea groups is 1. The van der Waals surface area contributed by atoms with Gasteiger partial charge in [-0.1, -0.05) is 5.16 Å². The van der Waals surface area contributed by atoms with E-state index in [1.807, 2.05) is 49.7 Å². The van der Waals surface area contributed by atoms with Gasteiger partial charge >= 0.3 is 6.03 Å². The number of rotatable bonds is 4. The summed E-state index contributed by atoms with van der Waals surface area (Å²) in [5.74, 6) is 0.184. The summed E-state index contributed by atoms with van der Waals surface area (Å²) in [6.07, 6.45) is 2.53. The molecule has 1 atom stereocenters. The molecule has 2 heterocycles. The summed E-state index contributed by atoms with van der Waals surface area (Å²) < 4.78 is 0. The van der Waals surface area contributed by atoms with Gasteiger partial charge in [-0.2, -0.15) is 0 Å². The minimum absolute atomic E-state index is 0.196. The van der Waals surface area contributed by atoms with Crippen molar-refractivity contribution in [2.24, 2.45) is 10.9 Å². The number of hydrogen-bond acceptors (Lipinski definition) is 4. The van der Waals surface area contributed by atoms with Gasteiger partial charge in [-0.3, -0.25) is 9.69 Å². The number of benzene rings is 1. The molecule has 2 aliphatic rings. The summed E-state index contributed by atoms with van der Waals surface area (Å²) in [6, 6.07) is 7.20. The zero-order valence-corrected chi connectivity index (χ0v) is 14.6. The first-order valence-electron chi connectivity index (χ1n) is 8.03. The molecule has 0 aliphatic carbocycles. The summed E-state index contributed by atoms with van der Waals surface area (Å²) in [7, 11) is 5.24. The van der Waals surface area contributed by atoms with Gasteiger partial charge in [0.2, 0.25) is 5.91 Å². The first-order chi connectivity index (χ1) is 11.9. The van der Waals surface area contributed by atoms with Gasteiger partial charge in [0.15, 0.2) is 5.84 Å².